The lowest BCUT2D eigenvalue weighted by Crippen LogP contribution is -2.10. The van der Waals surface area contributed by atoms with E-state index in [-0.39, 0.29) is 17.6 Å². The topological polar surface area (TPSA) is 55.1 Å². The Morgan fingerprint density at radius 1 is 1.52 bits per heavy atom. The molecular weight excluding hydrogens is 311 g/mol. The molecule has 7 heteroatoms. The first-order chi connectivity index (χ1) is 10.0. The number of aromatic nitrogens is 2. The molecule has 0 saturated carbocycles. The van der Waals surface area contributed by atoms with Gasteiger partial charge in [-0.1, -0.05) is 24.8 Å². The number of carboxylic acid groups (broad SMARTS) is 1. The fourth-order valence-electron chi connectivity index (χ4n) is 2.08. The van der Waals surface area contributed by atoms with Crippen molar-refractivity contribution >= 4 is 40.5 Å². The molecule has 0 radical (unpaired) electrons. The van der Waals surface area contributed by atoms with Gasteiger partial charge in [0.05, 0.1) is 11.3 Å². The maximum atomic E-state index is 13.9. The Morgan fingerprint density at radius 3 is 2.95 bits per heavy atom. The standard InChI is InChI=1S/C14H17FN2O2S2/c1-3-20-7-9(2)17-11-6-4-5-10(15)13(11)16-14(17)21-8-12(18)19/h4-6,9H,3,7-8H2,1-2H3,(H,18,19). The number of aliphatic carboxylic acids is 1. The largest absolute Gasteiger partial charge is 0.481 e. The molecule has 1 heterocycles. The van der Waals surface area contributed by atoms with Gasteiger partial charge in [0.2, 0.25) is 0 Å². The van der Waals surface area contributed by atoms with Crippen molar-refractivity contribution in [1.82, 2.24) is 9.55 Å². The highest BCUT2D eigenvalue weighted by atomic mass is 32.2. The minimum absolute atomic E-state index is 0.0847. The molecule has 0 spiro atoms. The molecule has 1 N–H and O–H groups in total. The Labute approximate surface area is 131 Å². The van der Waals surface area contributed by atoms with Crippen LogP contribution in [-0.2, 0) is 4.79 Å². The van der Waals surface area contributed by atoms with Gasteiger partial charge in [0.25, 0.3) is 0 Å². The highest BCUT2D eigenvalue weighted by Gasteiger charge is 2.19. The van der Waals surface area contributed by atoms with E-state index in [1.807, 2.05) is 17.6 Å². The molecule has 2 rings (SSSR count). The lowest BCUT2D eigenvalue weighted by Gasteiger charge is -2.16. The highest BCUT2D eigenvalue weighted by molar-refractivity contribution is 7.99. The quantitative estimate of drug-likeness (QED) is 0.786. The van der Waals surface area contributed by atoms with Gasteiger partial charge in [0.15, 0.2) is 11.0 Å². The maximum Gasteiger partial charge on any atom is 0.313 e. The summed E-state index contributed by atoms with van der Waals surface area (Å²) in [6.07, 6.45) is 0. The SMILES string of the molecule is CCSCC(C)n1c(SCC(=O)O)nc2c(F)cccc21. The Hall–Kier alpha value is -1.21. The zero-order chi connectivity index (χ0) is 15.4. The smallest absolute Gasteiger partial charge is 0.313 e. The van der Waals surface area contributed by atoms with Gasteiger partial charge in [-0.25, -0.2) is 9.37 Å². The molecular formula is C14H17FN2O2S2. The molecule has 0 amide bonds. The fraction of sp³-hybridized carbons (Fsp3) is 0.429. The molecule has 0 fully saturated rings. The minimum atomic E-state index is -0.908. The average Bonchev–Trinajstić information content (AvgIpc) is 2.82. The molecule has 0 aliphatic heterocycles. The number of thioether (sulfide) groups is 2. The van der Waals surface area contributed by atoms with Gasteiger partial charge >= 0.3 is 5.97 Å². The van der Waals surface area contributed by atoms with E-state index in [1.54, 1.807) is 17.8 Å². The summed E-state index contributed by atoms with van der Waals surface area (Å²) in [6.45, 7) is 4.13. The van der Waals surface area contributed by atoms with E-state index in [4.69, 9.17) is 5.11 Å². The van der Waals surface area contributed by atoms with Gasteiger partial charge in [-0.3, -0.25) is 4.79 Å². The van der Waals surface area contributed by atoms with E-state index >= 15 is 0 Å². The molecule has 1 aromatic carbocycles. The molecule has 21 heavy (non-hydrogen) atoms. The minimum Gasteiger partial charge on any atom is -0.481 e. The maximum absolute atomic E-state index is 13.9. The van der Waals surface area contributed by atoms with E-state index in [9.17, 15) is 9.18 Å². The second kappa shape index (κ2) is 7.17. The Balaban J connectivity index is 2.44. The van der Waals surface area contributed by atoms with Crippen LogP contribution >= 0.6 is 23.5 Å². The first kappa shape index (κ1) is 16.2. The molecule has 2 aromatic rings. The number of halogens is 1. The van der Waals surface area contributed by atoms with Crippen LogP contribution in [0.5, 0.6) is 0 Å². The molecule has 0 aliphatic carbocycles. The highest BCUT2D eigenvalue weighted by Crippen LogP contribution is 2.30. The predicted molar refractivity (Wildman–Crippen MR) is 85.8 cm³/mol. The monoisotopic (exact) mass is 328 g/mol. The number of benzene rings is 1. The van der Waals surface area contributed by atoms with E-state index in [0.717, 1.165) is 23.3 Å². The van der Waals surface area contributed by atoms with Crippen molar-refractivity contribution in [3.8, 4) is 0 Å². The van der Waals surface area contributed by atoms with Crippen LogP contribution < -0.4 is 0 Å². The number of carboxylic acids is 1. The average molecular weight is 328 g/mol. The molecule has 0 bridgehead atoms. The first-order valence-electron chi connectivity index (χ1n) is 6.63. The molecule has 4 nitrogen and oxygen atoms in total. The number of nitrogens with zero attached hydrogens (tertiary/aromatic N) is 2. The Bertz CT molecular complexity index is 645. The Morgan fingerprint density at radius 2 is 2.29 bits per heavy atom. The number of carbonyl (C=O) groups is 1. The molecule has 1 unspecified atom stereocenters. The van der Waals surface area contributed by atoms with Crippen molar-refractivity contribution in [2.45, 2.75) is 25.0 Å². The summed E-state index contributed by atoms with van der Waals surface area (Å²) in [5.41, 5.74) is 1.02. The molecule has 1 atom stereocenters. The fourth-order valence-corrected chi connectivity index (χ4v) is 3.63. The summed E-state index contributed by atoms with van der Waals surface area (Å²) in [5, 5.41) is 9.40. The van der Waals surface area contributed by atoms with E-state index in [1.165, 1.54) is 6.07 Å². The number of imidazole rings is 1. The number of hydrogen-bond donors (Lipinski definition) is 1. The zero-order valence-corrected chi connectivity index (χ0v) is 13.5. The number of para-hydroxylation sites is 1. The van der Waals surface area contributed by atoms with Gasteiger partial charge in [0.1, 0.15) is 5.52 Å². The third kappa shape index (κ3) is 3.71. The van der Waals surface area contributed by atoms with Crippen LogP contribution in [0.3, 0.4) is 0 Å². The third-order valence-corrected chi connectivity index (χ3v) is 5.03. The van der Waals surface area contributed by atoms with Gasteiger partial charge < -0.3 is 9.67 Å². The van der Waals surface area contributed by atoms with Gasteiger partial charge in [0, 0.05) is 11.8 Å². The summed E-state index contributed by atoms with van der Waals surface area (Å²) in [6, 6.07) is 4.97. The second-order valence-corrected chi connectivity index (χ2v) is 6.82. The van der Waals surface area contributed by atoms with Crippen LogP contribution in [0.1, 0.15) is 19.9 Å². The van der Waals surface area contributed by atoms with Crippen LogP contribution in [0.25, 0.3) is 11.0 Å². The second-order valence-electron chi connectivity index (χ2n) is 4.56. The summed E-state index contributed by atoms with van der Waals surface area (Å²) < 4.78 is 15.8. The molecule has 1 aromatic heterocycles. The summed E-state index contributed by atoms with van der Waals surface area (Å²) in [4.78, 5) is 15.1. The van der Waals surface area contributed by atoms with Crippen molar-refractivity contribution in [3.05, 3.63) is 24.0 Å². The van der Waals surface area contributed by atoms with Crippen molar-refractivity contribution in [2.24, 2.45) is 0 Å². The first-order valence-corrected chi connectivity index (χ1v) is 8.77. The van der Waals surface area contributed by atoms with Crippen molar-refractivity contribution in [2.75, 3.05) is 17.3 Å². The predicted octanol–water partition coefficient (Wildman–Crippen LogP) is 3.67. The van der Waals surface area contributed by atoms with Crippen LogP contribution in [-0.4, -0.2) is 37.9 Å². The summed E-state index contributed by atoms with van der Waals surface area (Å²) in [5.74, 6) is 0.508. The number of fused-ring (bicyclic) bond motifs is 1. The summed E-state index contributed by atoms with van der Waals surface area (Å²) >= 11 is 2.92. The van der Waals surface area contributed by atoms with Crippen LogP contribution in [0.4, 0.5) is 4.39 Å². The van der Waals surface area contributed by atoms with E-state index in [0.29, 0.717) is 16.2 Å². The van der Waals surface area contributed by atoms with Crippen molar-refractivity contribution in [3.63, 3.8) is 0 Å². The van der Waals surface area contributed by atoms with Crippen LogP contribution in [0, 0.1) is 5.82 Å². The zero-order valence-electron chi connectivity index (χ0n) is 11.9. The van der Waals surface area contributed by atoms with Crippen LogP contribution in [0.2, 0.25) is 0 Å². The van der Waals surface area contributed by atoms with Gasteiger partial charge in [-0.15, -0.1) is 0 Å². The molecule has 0 aliphatic rings. The van der Waals surface area contributed by atoms with Crippen molar-refractivity contribution in [1.29, 1.82) is 0 Å². The summed E-state index contributed by atoms with van der Waals surface area (Å²) in [7, 11) is 0. The van der Waals surface area contributed by atoms with Crippen LogP contribution in [0.15, 0.2) is 23.4 Å². The van der Waals surface area contributed by atoms with E-state index < -0.39 is 5.97 Å². The number of rotatable bonds is 7. The molecule has 114 valence electrons. The van der Waals surface area contributed by atoms with Gasteiger partial charge in [-0.2, -0.15) is 11.8 Å². The third-order valence-electron chi connectivity index (χ3n) is 2.97. The molecule has 0 saturated heterocycles. The lowest BCUT2D eigenvalue weighted by molar-refractivity contribution is -0.133. The van der Waals surface area contributed by atoms with Crippen molar-refractivity contribution < 1.29 is 14.3 Å². The number of hydrogen-bond acceptors (Lipinski definition) is 4. The Kier molecular flexibility index (Phi) is 5.52. The lowest BCUT2D eigenvalue weighted by atomic mass is 10.3. The normalized spacial score (nSPS) is 12.7. The van der Waals surface area contributed by atoms with Gasteiger partial charge in [-0.05, 0) is 24.8 Å². The van der Waals surface area contributed by atoms with E-state index in [2.05, 4.69) is 11.9 Å².